The molecule has 1 aliphatic heterocycles. The summed E-state index contributed by atoms with van der Waals surface area (Å²) in [4.78, 5) is 15.3. The van der Waals surface area contributed by atoms with E-state index < -0.39 is 0 Å². The highest BCUT2D eigenvalue weighted by Gasteiger charge is 2.23. The minimum atomic E-state index is -0.267. The van der Waals surface area contributed by atoms with Crippen molar-refractivity contribution < 1.29 is 9.53 Å². The van der Waals surface area contributed by atoms with E-state index in [9.17, 15) is 4.79 Å². The number of nitrogens with zero attached hydrogens (tertiary/aromatic N) is 3. The van der Waals surface area contributed by atoms with Crippen LogP contribution in [0.5, 0.6) is 0 Å². The van der Waals surface area contributed by atoms with Crippen molar-refractivity contribution in [1.29, 1.82) is 0 Å². The van der Waals surface area contributed by atoms with Crippen LogP contribution in [0.15, 0.2) is 42.6 Å². The number of ether oxygens (including phenoxy) is 1. The van der Waals surface area contributed by atoms with Gasteiger partial charge in [-0.1, -0.05) is 0 Å². The number of anilines is 1. The molecule has 1 amide bonds. The number of rotatable bonds is 4. The Morgan fingerprint density at radius 1 is 1.14 bits per heavy atom. The summed E-state index contributed by atoms with van der Waals surface area (Å²) in [6, 6.07) is 12.1. The summed E-state index contributed by atoms with van der Waals surface area (Å²) in [7, 11) is 4.11. The van der Waals surface area contributed by atoms with E-state index in [0.717, 1.165) is 17.9 Å². The van der Waals surface area contributed by atoms with E-state index >= 15 is 0 Å². The van der Waals surface area contributed by atoms with Crippen LogP contribution in [0.1, 0.15) is 5.69 Å². The van der Waals surface area contributed by atoms with Gasteiger partial charge >= 0.3 is 6.09 Å². The number of carbonyl (C=O) groups is 1. The summed E-state index contributed by atoms with van der Waals surface area (Å²) < 4.78 is 7.12. The van der Waals surface area contributed by atoms with Gasteiger partial charge in [-0.05, 0) is 50.5 Å². The van der Waals surface area contributed by atoms with Crippen LogP contribution < -0.4 is 4.90 Å². The lowest BCUT2D eigenvalue weighted by atomic mass is 10.2. The number of hydrogen-bond donors (Lipinski definition) is 0. The third-order valence-electron chi connectivity index (χ3n) is 3.51. The average Bonchev–Trinajstić information content (AvgIpc) is 3.07. The average molecular weight is 285 g/mol. The molecule has 2 aromatic rings. The minimum absolute atomic E-state index is 0.267. The van der Waals surface area contributed by atoms with Crippen molar-refractivity contribution in [3.8, 4) is 5.69 Å². The molecule has 0 atom stereocenters. The largest absolute Gasteiger partial charge is 0.447 e. The topological polar surface area (TPSA) is 37.7 Å². The van der Waals surface area contributed by atoms with E-state index in [-0.39, 0.29) is 6.09 Å². The van der Waals surface area contributed by atoms with Gasteiger partial charge < -0.3 is 14.2 Å². The maximum absolute atomic E-state index is 11.6. The van der Waals surface area contributed by atoms with Crippen LogP contribution in [-0.4, -0.2) is 42.8 Å². The van der Waals surface area contributed by atoms with Gasteiger partial charge in [-0.25, -0.2) is 4.79 Å². The maximum atomic E-state index is 11.6. The van der Waals surface area contributed by atoms with E-state index in [2.05, 4.69) is 35.8 Å². The van der Waals surface area contributed by atoms with Crippen molar-refractivity contribution in [1.82, 2.24) is 9.47 Å². The number of hydrogen-bond acceptors (Lipinski definition) is 3. The number of carbonyl (C=O) groups excluding carboxylic acids is 1. The molecule has 0 bridgehead atoms. The predicted octanol–water partition coefficient (Wildman–Crippen LogP) is 2.50. The van der Waals surface area contributed by atoms with Gasteiger partial charge in [-0.15, -0.1) is 0 Å². The SMILES string of the molecule is CN(C)Cc1cccn1-c1ccc(N2CCOC2=O)cc1. The van der Waals surface area contributed by atoms with Gasteiger partial charge in [0.25, 0.3) is 0 Å². The van der Waals surface area contributed by atoms with Crippen LogP contribution in [0.4, 0.5) is 10.5 Å². The standard InChI is InChI=1S/C16H19N3O2/c1-17(2)12-15-4-3-9-18(15)13-5-7-14(8-6-13)19-10-11-21-16(19)20/h3-9H,10-12H2,1-2H3. The molecule has 0 saturated carbocycles. The molecule has 3 rings (SSSR count). The van der Waals surface area contributed by atoms with Gasteiger partial charge in [-0.2, -0.15) is 0 Å². The van der Waals surface area contributed by atoms with Gasteiger partial charge in [0.1, 0.15) is 6.61 Å². The molecule has 21 heavy (non-hydrogen) atoms. The van der Waals surface area contributed by atoms with Crippen LogP contribution in [0.25, 0.3) is 5.69 Å². The molecule has 2 heterocycles. The molecule has 110 valence electrons. The van der Waals surface area contributed by atoms with Crippen molar-refractivity contribution in [2.75, 3.05) is 32.1 Å². The lowest BCUT2D eigenvalue weighted by Gasteiger charge is -2.16. The normalized spacial score (nSPS) is 14.8. The molecule has 0 N–H and O–H groups in total. The highest BCUT2D eigenvalue weighted by Crippen LogP contribution is 2.22. The maximum Gasteiger partial charge on any atom is 0.414 e. The van der Waals surface area contributed by atoms with Gasteiger partial charge in [-0.3, -0.25) is 4.90 Å². The van der Waals surface area contributed by atoms with E-state index in [0.29, 0.717) is 13.2 Å². The number of benzene rings is 1. The summed E-state index contributed by atoms with van der Waals surface area (Å²) in [5, 5.41) is 0. The van der Waals surface area contributed by atoms with Crippen molar-refractivity contribution in [3.63, 3.8) is 0 Å². The number of amides is 1. The van der Waals surface area contributed by atoms with Crippen molar-refractivity contribution in [2.24, 2.45) is 0 Å². The highest BCUT2D eigenvalue weighted by molar-refractivity contribution is 5.89. The van der Waals surface area contributed by atoms with E-state index in [1.54, 1.807) is 4.90 Å². The molecule has 1 saturated heterocycles. The monoisotopic (exact) mass is 285 g/mol. The quantitative estimate of drug-likeness (QED) is 0.866. The first-order chi connectivity index (χ1) is 10.1. The first-order valence-corrected chi connectivity index (χ1v) is 7.01. The summed E-state index contributed by atoms with van der Waals surface area (Å²) in [6.07, 6.45) is 1.79. The predicted molar refractivity (Wildman–Crippen MR) is 81.9 cm³/mol. The summed E-state index contributed by atoms with van der Waals surface area (Å²) in [6.45, 7) is 1.96. The fourth-order valence-electron chi connectivity index (χ4n) is 2.54. The molecule has 1 fully saturated rings. The highest BCUT2D eigenvalue weighted by atomic mass is 16.6. The van der Waals surface area contributed by atoms with Crippen LogP contribution in [0.3, 0.4) is 0 Å². The van der Waals surface area contributed by atoms with Crippen LogP contribution in [0.2, 0.25) is 0 Å². The first-order valence-electron chi connectivity index (χ1n) is 7.01. The van der Waals surface area contributed by atoms with Crippen molar-refractivity contribution in [3.05, 3.63) is 48.3 Å². The first kappa shape index (κ1) is 13.7. The Labute approximate surface area is 124 Å². The molecule has 5 nitrogen and oxygen atoms in total. The second kappa shape index (κ2) is 5.61. The zero-order chi connectivity index (χ0) is 14.8. The smallest absolute Gasteiger partial charge is 0.414 e. The summed E-state index contributed by atoms with van der Waals surface area (Å²) in [5.74, 6) is 0. The fraction of sp³-hybridized carbons (Fsp3) is 0.312. The van der Waals surface area contributed by atoms with Crippen LogP contribution in [-0.2, 0) is 11.3 Å². The number of cyclic esters (lactones) is 1. The van der Waals surface area contributed by atoms with Crippen LogP contribution >= 0.6 is 0 Å². The van der Waals surface area contributed by atoms with Crippen molar-refractivity contribution >= 4 is 11.8 Å². The van der Waals surface area contributed by atoms with Gasteiger partial charge in [0.15, 0.2) is 0 Å². The Hall–Kier alpha value is -2.27. The summed E-state index contributed by atoms with van der Waals surface area (Å²) >= 11 is 0. The van der Waals surface area contributed by atoms with E-state index in [4.69, 9.17) is 4.74 Å². The molecule has 0 aliphatic carbocycles. The zero-order valence-corrected chi connectivity index (χ0v) is 12.3. The Morgan fingerprint density at radius 2 is 1.86 bits per heavy atom. The lowest BCUT2D eigenvalue weighted by Crippen LogP contribution is -2.23. The Morgan fingerprint density at radius 3 is 2.48 bits per heavy atom. The van der Waals surface area contributed by atoms with Gasteiger partial charge in [0.05, 0.1) is 6.54 Å². The molecule has 1 aliphatic rings. The Balaban J connectivity index is 1.84. The van der Waals surface area contributed by atoms with E-state index in [1.807, 2.05) is 30.3 Å². The molecular weight excluding hydrogens is 266 g/mol. The Bertz CT molecular complexity index is 631. The third-order valence-corrected chi connectivity index (χ3v) is 3.51. The van der Waals surface area contributed by atoms with Crippen molar-refractivity contribution in [2.45, 2.75) is 6.54 Å². The lowest BCUT2D eigenvalue weighted by molar-refractivity contribution is 0.181. The second-order valence-corrected chi connectivity index (χ2v) is 5.39. The Kier molecular flexibility index (Phi) is 3.66. The number of aromatic nitrogens is 1. The van der Waals surface area contributed by atoms with Crippen LogP contribution in [0, 0.1) is 0 Å². The third kappa shape index (κ3) is 2.78. The van der Waals surface area contributed by atoms with Gasteiger partial charge in [0, 0.05) is 29.8 Å². The molecule has 1 aromatic heterocycles. The molecule has 5 heteroatoms. The molecular formula is C16H19N3O2. The minimum Gasteiger partial charge on any atom is -0.447 e. The van der Waals surface area contributed by atoms with E-state index in [1.165, 1.54) is 5.69 Å². The second-order valence-electron chi connectivity index (χ2n) is 5.39. The summed E-state index contributed by atoms with van der Waals surface area (Å²) in [5.41, 5.74) is 3.20. The fourth-order valence-corrected chi connectivity index (χ4v) is 2.54. The molecule has 0 radical (unpaired) electrons. The molecule has 0 unspecified atom stereocenters. The molecule has 0 spiro atoms. The molecule has 1 aromatic carbocycles. The zero-order valence-electron chi connectivity index (χ0n) is 12.3. The van der Waals surface area contributed by atoms with Gasteiger partial charge in [0.2, 0.25) is 0 Å².